The molecule has 3 aliphatic rings. The number of hydrogen-bond donors (Lipinski definition) is 1. The van der Waals surface area contributed by atoms with Gasteiger partial charge in [0.05, 0.1) is 17.3 Å². The molecule has 1 N–H and O–H groups in total. The summed E-state index contributed by atoms with van der Waals surface area (Å²) in [6.45, 7) is 3.94. The van der Waals surface area contributed by atoms with E-state index in [1.54, 1.807) is 11.8 Å². The van der Waals surface area contributed by atoms with Crippen LogP contribution in [0.5, 0.6) is 0 Å². The van der Waals surface area contributed by atoms with Crippen LogP contribution < -0.4 is 5.56 Å². The van der Waals surface area contributed by atoms with Crippen LogP contribution in [0.25, 0.3) is 0 Å². The molecule has 1 aliphatic carbocycles. The van der Waals surface area contributed by atoms with Crippen LogP contribution in [-0.2, 0) is 13.0 Å². The van der Waals surface area contributed by atoms with E-state index in [1.807, 2.05) is 0 Å². The van der Waals surface area contributed by atoms with Crippen molar-refractivity contribution in [1.82, 2.24) is 30.1 Å². The number of fused-ring (bicyclic) bond motifs is 1. The quantitative estimate of drug-likeness (QED) is 0.803. The van der Waals surface area contributed by atoms with Gasteiger partial charge in [-0.3, -0.25) is 14.5 Å². The lowest BCUT2D eigenvalue weighted by atomic mass is 9.92. The van der Waals surface area contributed by atoms with Crippen molar-refractivity contribution in [3.8, 4) is 0 Å². The van der Waals surface area contributed by atoms with Crippen LogP contribution >= 0.6 is 0 Å². The predicted molar refractivity (Wildman–Crippen MR) is 113 cm³/mol. The van der Waals surface area contributed by atoms with Crippen LogP contribution in [0, 0.1) is 6.92 Å². The highest BCUT2D eigenvalue weighted by Gasteiger charge is 2.34. The number of rotatable bonds is 3. The Balaban J connectivity index is 1.40. The van der Waals surface area contributed by atoms with E-state index in [0.717, 1.165) is 43.5 Å². The fraction of sp³-hybridized carbons (Fsp3) is 0.682. The smallest absolute Gasteiger partial charge is 0.278 e. The minimum absolute atomic E-state index is 0.0576. The summed E-state index contributed by atoms with van der Waals surface area (Å²) in [7, 11) is 0. The van der Waals surface area contributed by atoms with Crippen molar-refractivity contribution in [3.63, 3.8) is 0 Å². The Morgan fingerprint density at radius 3 is 2.65 bits per heavy atom. The summed E-state index contributed by atoms with van der Waals surface area (Å²) >= 11 is 0. The lowest BCUT2D eigenvalue weighted by Gasteiger charge is -2.38. The second kappa shape index (κ2) is 8.53. The molecular weight excluding hydrogens is 396 g/mol. The highest BCUT2D eigenvalue weighted by Crippen LogP contribution is 2.31. The molecule has 1 saturated heterocycles. The van der Waals surface area contributed by atoms with Gasteiger partial charge in [-0.05, 0) is 44.2 Å². The first kappa shape index (κ1) is 20.4. The normalized spacial score (nSPS) is 23.0. The van der Waals surface area contributed by atoms with E-state index in [-0.39, 0.29) is 23.2 Å². The van der Waals surface area contributed by atoms with Gasteiger partial charge in [0.2, 0.25) is 0 Å². The molecule has 2 aromatic rings. The van der Waals surface area contributed by atoms with Crippen molar-refractivity contribution >= 4 is 5.91 Å². The highest BCUT2D eigenvalue weighted by molar-refractivity contribution is 5.93. The Kier molecular flexibility index (Phi) is 5.60. The first-order valence-corrected chi connectivity index (χ1v) is 11.6. The molecule has 2 aromatic heterocycles. The molecule has 5 rings (SSSR count). The molecular formula is C22H30N6O3. The molecule has 9 nitrogen and oxygen atoms in total. The molecule has 0 spiro atoms. The summed E-state index contributed by atoms with van der Waals surface area (Å²) in [5, 5.41) is 7.52. The van der Waals surface area contributed by atoms with Crippen LogP contribution in [0.1, 0.15) is 90.7 Å². The van der Waals surface area contributed by atoms with Crippen molar-refractivity contribution in [2.24, 2.45) is 0 Å². The van der Waals surface area contributed by atoms with Crippen LogP contribution in [0.15, 0.2) is 9.42 Å². The van der Waals surface area contributed by atoms with Crippen LogP contribution in [0.3, 0.4) is 0 Å². The third kappa shape index (κ3) is 3.91. The van der Waals surface area contributed by atoms with Gasteiger partial charge < -0.3 is 9.88 Å². The molecule has 0 radical (unpaired) electrons. The van der Waals surface area contributed by atoms with Gasteiger partial charge >= 0.3 is 0 Å². The highest BCUT2D eigenvalue weighted by atomic mass is 16.6. The zero-order chi connectivity index (χ0) is 21.4. The molecule has 166 valence electrons. The summed E-state index contributed by atoms with van der Waals surface area (Å²) < 4.78 is 4.73. The van der Waals surface area contributed by atoms with E-state index in [1.165, 1.54) is 32.1 Å². The van der Waals surface area contributed by atoms with Crippen molar-refractivity contribution in [1.29, 1.82) is 0 Å². The van der Waals surface area contributed by atoms with Crippen molar-refractivity contribution in [3.05, 3.63) is 38.8 Å². The number of nitrogens with zero attached hydrogens (tertiary/aromatic N) is 5. The molecule has 9 heteroatoms. The summed E-state index contributed by atoms with van der Waals surface area (Å²) in [6, 6.07) is 0.332. The molecule has 0 unspecified atom stereocenters. The number of likely N-dealkylation sites (tertiary alicyclic amines) is 1. The molecule has 1 amide bonds. The number of carbonyl (C=O) groups is 1. The maximum Gasteiger partial charge on any atom is 0.278 e. The summed E-state index contributed by atoms with van der Waals surface area (Å²) in [5.41, 5.74) is 2.34. The van der Waals surface area contributed by atoms with E-state index in [0.29, 0.717) is 30.6 Å². The van der Waals surface area contributed by atoms with E-state index in [4.69, 9.17) is 9.61 Å². The number of aromatic nitrogens is 4. The lowest BCUT2D eigenvalue weighted by Crippen LogP contribution is -2.44. The Hall–Kier alpha value is -2.55. The Labute approximate surface area is 181 Å². The maximum atomic E-state index is 13.1. The fourth-order valence-corrected chi connectivity index (χ4v) is 5.40. The summed E-state index contributed by atoms with van der Waals surface area (Å²) in [6.07, 6.45) is 9.82. The molecule has 31 heavy (non-hydrogen) atoms. The third-order valence-corrected chi connectivity index (χ3v) is 7.14. The van der Waals surface area contributed by atoms with Gasteiger partial charge in [-0.15, -0.1) is 0 Å². The van der Waals surface area contributed by atoms with Gasteiger partial charge in [-0.25, -0.2) is 9.61 Å². The number of aryl methyl sites for hydroxylation is 1. The average Bonchev–Trinajstić information content (AvgIpc) is 3.24. The number of piperidine rings is 1. The monoisotopic (exact) mass is 426 g/mol. The number of hydrogen-bond acceptors (Lipinski definition) is 7. The SMILES string of the molecule is Cc1nonc1C(=O)N1CCCC[C@H]1c1nc2c(c(=O)[nH]1)CN(C1CCCCC1)CC2. The molecule has 1 saturated carbocycles. The number of aromatic amines is 1. The van der Waals surface area contributed by atoms with Gasteiger partial charge in [-0.2, -0.15) is 0 Å². The zero-order valence-electron chi connectivity index (χ0n) is 18.1. The first-order valence-electron chi connectivity index (χ1n) is 11.6. The van der Waals surface area contributed by atoms with Gasteiger partial charge in [-0.1, -0.05) is 24.4 Å². The van der Waals surface area contributed by atoms with E-state index < -0.39 is 0 Å². The fourth-order valence-electron chi connectivity index (χ4n) is 5.40. The molecule has 2 aliphatic heterocycles. The standard InChI is InChI=1S/C22H30N6O3/c1-14-19(26-31-25-14)22(30)28-11-6-5-9-18(28)20-23-17-10-12-27(13-16(17)21(29)24-20)15-7-3-2-4-8-15/h15,18H,2-13H2,1H3,(H,23,24,29)/t18-/m0/s1. The summed E-state index contributed by atoms with van der Waals surface area (Å²) in [5.74, 6) is 0.379. The van der Waals surface area contributed by atoms with Crippen LogP contribution in [0.4, 0.5) is 0 Å². The average molecular weight is 427 g/mol. The number of amides is 1. The van der Waals surface area contributed by atoms with Gasteiger partial charge in [0.25, 0.3) is 11.5 Å². The zero-order valence-corrected chi connectivity index (χ0v) is 18.1. The minimum Gasteiger partial charge on any atom is -0.327 e. The predicted octanol–water partition coefficient (Wildman–Crippen LogP) is 2.52. The molecule has 2 fully saturated rings. The molecule has 0 aromatic carbocycles. The summed E-state index contributed by atoms with van der Waals surface area (Å²) in [4.78, 5) is 38.3. The third-order valence-electron chi connectivity index (χ3n) is 7.14. The number of nitrogens with one attached hydrogen (secondary N) is 1. The number of H-pyrrole nitrogens is 1. The lowest BCUT2D eigenvalue weighted by molar-refractivity contribution is 0.0586. The Morgan fingerprint density at radius 2 is 1.87 bits per heavy atom. The first-order chi connectivity index (χ1) is 15.1. The van der Waals surface area contributed by atoms with Crippen molar-refractivity contribution in [2.75, 3.05) is 13.1 Å². The van der Waals surface area contributed by atoms with Gasteiger partial charge in [0, 0.05) is 32.1 Å². The molecule has 0 bridgehead atoms. The molecule has 4 heterocycles. The van der Waals surface area contributed by atoms with Crippen molar-refractivity contribution < 1.29 is 9.42 Å². The molecule has 1 atom stereocenters. The van der Waals surface area contributed by atoms with Crippen LogP contribution in [0.2, 0.25) is 0 Å². The van der Waals surface area contributed by atoms with E-state index >= 15 is 0 Å². The Bertz CT molecular complexity index is 1010. The van der Waals surface area contributed by atoms with E-state index in [2.05, 4.69) is 20.2 Å². The largest absolute Gasteiger partial charge is 0.327 e. The van der Waals surface area contributed by atoms with Gasteiger partial charge in [0.1, 0.15) is 11.5 Å². The van der Waals surface area contributed by atoms with Crippen molar-refractivity contribution in [2.45, 2.75) is 83.3 Å². The minimum atomic E-state index is -0.258. The maximum absolute atomic E-state index is 13.1. The Morgan fingerprint density at radius 1 is 1.06 bits per heavy atom. The van der Waals surface area contributed by atoms with Crippen LogP contribution in [-0.4, -0.2) is 55.1 Å². The number of carbonyl (C=O) groups excluding carboxylic acids is 1. The second-order valence-electron chi connectivity index (χ2n) is 9.10. The second-order valence-corrected chi connectivity index (χ2v) is 9.10. The van der Waals surface area contributed by atoms with E-state index in [9.17, 15) is 9.59 Å². The topological polar surface area (TPSA) is 108 Å². The van der Waals surface area contributed by atoms with Gasteiger partial charge in [0.15, 0.2) is 5.69 Å².